The zero-order valence-corrected chi connectivity index (χ0v) is 15.4. The van der Waals surface area contributed by atoms with Crippen LogP contribution in [-0.2, 0) is 14.8 Å². The molecule has 0 unspecified atom stereocenters. The van der Waals surface area contributed by atoms with Gasteiger partial charge in [-0.25, -0.2) is 8.42 Å². The van der Waals surface area contributed by atoms with E-state index in [1.807, 2.05) is 0 Å². The molecule has 0 aromatic heterocycles. The number of methoxy groups -OCH3 is 2. The van der Waals surface area contributed by atoms with Crippen molar-refractivity contribution in [2.45, 2.75) is 11.1 Å². The Labute approximate surface area is 155 Å². The van der Waals surface area contributed by atoms with Crippen molar-refractivity contribution in [1.29, 1.82) is 0 Å². The molecular weight excluding hydrogens is 382 g/mol. The van der Waals surface area contributed by atoms with Crippen molar-refractivity contribution in [2.75, 3.05) is 24.9 Å². The van der Waals surface area contributed by atoms with Gasteiger partial charge in [-0.05, 0) is 30.3 Å². The third-order valence-electron chi connectivity index (χ3n) is 3.73. The van der Waals surface area contributed by atoms with E-state index in [1.165, 1.54) is 32.4 Å². The van der Waals surface area contributed by atoms with Crippen LogP contribution in [0.5, 0.6) is 11.5 Å². The fourth-order valence-electron chi connectivity index (χ4n) is 2.47. The number of carbonyl (C=O) groups is 1. The molecule has 0 saturated heterocycles. The zero-order chi connectivity index (χ0) is 18.9. The van der Waals surface area contributed by atoms with E-state index in [-0.39, 0.29) is 15.6 Å². The minimum Gasteiger partial charge on any atom is -0.497 e. The van der Waals surface area contributed by atoms with Crippen molar-refractivity contribution < 1.29 is 22.7 Å². The molecule has 8 nitrogen and oxygen atoms in total. The van der Waals surface area contributed by atoms with Crippen LogP contribution < -0.4 is 24.8 Å². The van der Waals surface area contributed by atoms with Gasteiger partial charge in [0.25, 0.3) is 5.91 Å². The fourth-order valence-corrected chi connectivity index (χ4v) is 4.01. The van der Waals surface area contributed by atoms with E-state index in [4.69, 9.17) is 21.1 Å². The second kappa shape index (κ2) is 7.02. The maximum absolute atomic E-state index is 12.5. The summed E-state index contributed by atoms with van der Waals surface area (Å²) in [6.45, 7) is 0. The van der Waals surface area contributed by atoms with Crippen LogP contribution in [0.4, 0.5) is 11.4 Å². The first-order valence-electron chi connectivity index (χ1n) is 7.45. The second-order valence-corrected chi connectivity index (χ2v) is 7.51. The number of fused-ring (bicyclic) bond motifs is 1. The standard InChI is InChI=1S/C16H16ClN3O5S/c1-24-10-4-6-11(13(8-10)25-2)19-16(21)15-18-12-5-3-9(17)7-14(12)26(22,23)20-15/h3-8,15,18,20H,1-2H3,(H,19,21)/t15-/m1/s1. The van der Waals surface area contributed by atoms with Crippen molar-refractivity contribution >= 4 is 38.9 Å². The highest BCUT2D eigenvalue weighted by atomic mass is 35.5. The van der Waals surface area contributed by atoms with E-state index in [1.54, 1.807) is 18.2 Å². The van der Waals surface area contributed by atoms with E-state index in [2.05, 4.69) is 15.4 Å². The molecule has 3 N–H and O–H groups in total. The number of hydrogen-bond acceptors (Lipinski definition) is 6. The summed E-state index contributed by atoms with van der Waals surface area (Å²) in [4.78, 5) is 12.5. The molecule has 2 aromatic carbocycles. The van der Waals surface area contributed by atoms with Crippen molar-refractivity contribution in [1.82, 2.24) is 4.72 Å². The Bertz CT molecular complexity index is 964. The molecule has 138 valence electrons. The molecule has 0 aliphatic carbocycles. The van der Waals surface area contributed by atoms with Gasteiger partial charge in [0.05, 0.1) is 25.6 Å². The average Bonchev–Trinajstić information content (AvgIpc) is 2.62. The van der Waals surface area contributed by atoms with Crippen LogP contribution in [0.3, 0.4) is 0 Å². The van der Waals surface area contributed by atoms with Crippen LogP contribution >= 0.6 is 11.6 Å². The van der Waals surface area contributed by atoms with E-state index in [0.717, 1.165) is 0 Å². The minimum absolute atomic E-state index is 0.0175. The summed E-state index contributed by atoms with van der Waals surface area (Å²) in [5.74, 6) is 0.336. The number of rotatable bonds is 4. The van der Waals surface area contributed by atoms with Crippen LogP contribution in [0.15, 0.2) is 41.3 Å². The molecule has 2 aromatic rings. The van der Waals surface area contributed by atoms with Gasteiger partial charge in [-0.15, -0.1) is 0 Å². The monoisotopic (exact) mass is 397 g/mol. The van der Waals surface area contributed by atoms with E-state index >= 15 is 0 Å². The lowest BCUT2D eigenvalue weighted by Crippen LogP contribution is -2.51. The van der Waals surface area contributed by atoms with Crippen LogP contribution in [0.1, 0.15) is 0 Å². The number of anilines is 2. The second-order valence-electron chi connectivity index (χ2n) is 5.39. The predicted octanol–water partition coefficient (Wildman–Crippen LogP) is 2.03. The van der Waals surface area contributed by atoms with Gasteiger partial charge in [0, 0.05) is 11.1 Å². The molecule has 1 aliphatic heterocycles. The Morgan fingerprint density at radius 3 is 2.62 bits per heavy atom. The number of sulfonamides is 1. The number of carbonyl (C=O) groups excluding carboxylic acids is 1. The van der Waals surface area contributed by atoms with Gasteiger partial charge in [0.15, 0.2) is 6.17 Å². The van der Waals surface area contributed by atoms with Gasteiger partial charge < -0.3 is 20.1 Å². The zero-order valence-electron chi connectivity index (χ0n) is 13.9. The Morgan fingerprint density at radius 1 is 1.15 bits per heavy atom. The van der Waals surface area contributed by atoms with Crippen molar-refractivity contribution in [3.8, 4) is 11.5 Å². The smallest absolute Gasteiger partial charge is 0.263 e. The topological polar surface area (TPSA) is 106 Å². The summed E-state index contributed by atoms with van der Waals surface area (Å²) in [5.41, 5.74) is 0.663. The first kappa shape index (κ1) is 18.3. The number of nitrogens with one attached hydrogen (secondary N) is 3. The Kier molecular flexibility index (Phi) is 4.94. The van der Waals surface area contributed by atoms with Crippen LogP contribution in [0.25, 0.3) is 0 Å². The molecule has 10 heteroatoms. The minimum atomic E-state index is -3.89. The van der Waals surface area contributed by atoms with Crippen LogP contribution in [-0.4, -0.2) is 34.7 Å². The van der Waals surface area contributed by atoms with Gasteiger partial charge >= 0.3 is 0 Å². The first-order valence-corrected chi connectivity index (χ1v) is 9.31. The number of hydrogen-bond donors (Lipinski definition) is 3. The molecule has 1 atom stereocenters. The van der Waals surface area contributed by atoms with Crippen molar-refractivity contribution in [3.05, 3.63) is 41.4 Å². The maximum atomic E-state index is 12.5. The van der Waals surface area contributed by atoms with Gasteiger partial charge in [-0.2, -0.15) is 4.72 Å². The summed E-state index contributed by atoms with van der Waals surface area (Å²) in [7, 11) is -0.925. The molecular formula is C16H16ClN3O5S. The van der Waals surface area contributed by atoms with Crippen molar-refractivity contribution in [2.24, 2.45) is 0 Å². The quantitative estimate of drug-likeness (QED) is 0.729. The molecule has 3 rings (SSSR count). The van der Waals surface area contributed by atoms with Gasteiger partial charge in [0.2, 0.25) is 10.0 Å². The van der Waals surface area contributed by atoms with E-state index in [0.29, 0.717) is 17.2 Å². The largest absolute Gasteiger partial charge is 0.497 e. The average molecular weight is 398 g/mol. The lowest BCUT2D eigenvalue weighted by atomic mass is 10.2. The SMILES string of the molecule is COc1ccc(NC(=O)[C@@H]2Nc3ccc(Cl)cc3S(=O)(=O)N2)c(OC)c1. The number of halogens is 1. The predicted molar refractivity (Wildman–Crippen MR) is 97.4 cm³/mol. The third kappa shape index (κ3) is 3.55. The molecule has 26 heavy (non-hydrogen) atoms. The Hall–Kier alpha value is -2.49. The fraction of sp³-hybridized carbons (Fsp3) is 0.188. The summed E-state index contributed by atoms with van der Waals surface area (Å²) in [6.07, 6.45) is -1.19. The Morgan fingerprint density at radius 2 is 1.92 bits per heavy atom. The van der Waals surface area contributed by atoms with Crippen LogP contribution in [0.2, 0.25) is 5.02 Å². The summed E-state index contributed by atoms with van der Waals surface area (Å²) in [5, 5.41) is 5.74. The van der Waals surface area contributed by atoms with Gasteiger partial charge in [0.1, 0.15) is 16.4 Å². The summed E-state index contributed by atoms with van der Waals surface area (Å²) >= 11 is 5.84. The molecule has 0 bridgehead atoms. The maximum Gasteiger partial charge on any atom is 0.263 e. The highest BCUT2D eigenvalue weighted by Crippen LogP contribution is 2.31. The normalized spacial score (nSPS) is 17.6. The molecule has 0 fully saturated rings. The highest BCUT2D eigenvalue weighted by molar-refractivity contribution is 7.89. The number of benzene rings is 2. The molecule has 1 amide bonds. The van der Waals surface area contributed by atoms with Gasteiger partial charge in [-0.3, -0.25) is 4.79 Å². The first-order chi connectivity index (χ1) is 12.3. The van der Waals surface area contributed by atoms with Crippen LogP contribution in [0, 0.1) is 0 Å². The summed E-state index contributed by atoms with van der Waals surface area (Å²) < 4.78 is 37.3. The molecule has 1 heterocycles. The number of ether oxygens (including phenoxy) is 2. The molecule has 0 saturated carbocycles. The van der Waals surface area contributed by atoms with Crippen molar-refractivity contribution in [3.63, 3.8) is 0 Å². The van der Waals surface area contributed by atoms with E-state index in [9.17, 15) is 13.2 Å². The highest BCUT2D eigenvalue weighted by Gasteiger charge is 2.33. The van der Waals surface area contributed by atoms with Gasteiger partial charge in [-0.1, -0.05) is 11.6 Å². The molecule has 0 spiro atoms. The molecule has 0 radical (unpaired) electrons. The summed E-state index contributed by atoms with van der Waals surface area (Å²) in [6, 6.07) is 9.20. The number of amides is 1. The third-order valence-corrected chi connectivity index (χ3v) is 5.43. The molecule has 1 aliphatic rings. The van der Waals surface area contributed by atoms with E-state index < -0.39 is 22.1 Å². The Balaban J connectivity index is 1.85. The lowest BCUT2D eigenvalue weighted by molar-refractivity contribution is -0.117. The lowest BCUT2D eigenvalue weighted by Gasteiger charge is -2.27.